The summed E-state index contributed by atoms with van der Waals surface area (Å²) in [7, 11) is 1.79. The van der Waals surface area contributed by atoms with Crippen LogP contribution in [0.2, 0.25) is 0 Å². The van der Waals surface area contributed by atoms with Crippen LogP contribution in [0.1, 0.15) is 11.3 Å². The molecule has 2 heterocycles. The molecule has 0 unspecified atom stereocenters. The Morgan fingerprint density at radius 3 is 2.53 bits per heavy atom. The highest BCUT2D eigenvalue weighted by Gasteiger charge is 2.18. The molecule has 0 saturated carbocycles. The summed E-state index contributed by atoms with van der Waals surface area (Å²) in [6, 6.07) is 17.2. The van der Waals surface area contributed by atoms with Crippen molar-refractivity contribution < 1.29 is 4.79 Å². The molecule has 32 heavy (non-hydrogen) atoms. The van der Waals surface area contributed by atoms with Gasteiger partial charge in [0.15, 0.2) is 4.34 Å². The Morgan fingerprint density at radius 1 is 1.06 bits per heavy atom. The highest BCUT2D eigenvalue weighted by atomic mass is 32.2. The molecule has 0 radical (unpaired) electrons. The molecule has 2 N–H and O–H groups in total. The first-order chi connectivity index (χ1) is 15.4. The Bertz CT molecular complexity index is 1310. The molecule has 2 aromatic heterocycles. The van der Waals surface area contributed by atoms with Gasteiger partial charge in [-0.1, -0.05) is 59.5 Å². The number of aromatic nitrogens is 4. The van der Waals surface area contributed by atoms with E-state index in [0.29, 0.717) is 15.2 Å². The number of hydrogen-bond donors (Lipinski definition) is 2. The maximum atomic E-state index is 12.9. The molecule has 2 aromatic carbocycles. The first-order valence-electron chi connectivity index (χ1n) is 9.87. The fraction of sp³-hybridized carbons (Fsp3) is 0.182. The van der Waals surface area contributed by atoms with Gasteiger partial charge in [-0.05, 0) is 37.6 Å². The lowest BCUT2D eigenvalue weighted by molar-refractivity contribution is -0.113. The summed E-state index contributed by atoms with van der Waals surface area (Å²) >= 11 is 2.65. The Kier molecular flexibility index (Phi) is 6.42. The summed E-state index contributed by atoms with van der Waals surface area (Å²) in [5.74, 6) is -0.150. The summed E-state index contributed by atoms with van der Waals surface area (Å²) in [6.07, 6.45) is 0. The number of nitrogens with one attached hydrogen (secondary N) is 2. The number of benzene rings is 2. The standard InChI is InChI=1S/C22H22N6O2S2/c1-14-9-7-8-12-17(14)23-21-25-26-22(32-21)31-13-18(29)24-19-15(2)27(3)28(20(19)30)16-10-5-4-6-11-16/h4-12H,13H2,1-3H3,(H,23,25)(H,24,29). The van der Waals surface area contributed by atoms with Crippen molar-refractivity contribution in [2.75, 3.05) is 16.4 Å². The van der Waals surface area contributed by atoms with E-state index in [4.69, 9.17) is 0 Å². The molecular formula is C22H22N6O2S2. The van der Waals surface area contributed by atoms with Crippen LogP contribution in [-0.4, -0.2) is 31.2 Å². The zero-order chi connectivity index (χ0) is 22.7. The van der Waals surface area contributed by atoms with Crippen LogP contribution in [0.3, 0.4) is 0 Å². The average molecular weight is 467 g/mol. The number of nitrogens with zero attached hydrogens (tertiary/aromatic N) is 4. The minimum atomic E-state index is -0.273. The van der Waals surface area contributed by atoms with Crippen LogP contribution in [0.25, 0.3) is 5.69 Å². The third-order valence-electron chi connectivity index (χ3n) is 4.94. The number of rotatable bonds is 7. The molecule has 0 bridgehead atoms. The van der Waals surface area contributed by atoms with E-state index in [2.05, 4.69) is 20.8 Å². The SMILES string of the molecule is Cc1ccccc1Nc1nnc(SCC(=O)Nc2c(C)n(C)n(-c3ccccc3)c2=O)s1. The third-order valence-corrected chi connectivity index (χ3v) is 6.91. The predicted molar refractivity (Wildman–Crippen MR) is 129 cm³/mol. The third kappa shape index (κ3) is 4.61. The van der Waals surface area contributed by atoms with Crippen molar-refractivity contribution in [1.29, 1.82) is 0 Å². The molecule has 0 fully saturated rings. The molecule has 0 aliphatic rings. The van der Waals surface area contributed by atoms with Crippen LogP contribution in [0, 0.1) is 13.8 Å². The summed E-state index contributed by atoms with van der Waals surface area (Å²) in [6.45, 7) is 3.82. The van der Waals surface area contributed by atoms with E-state index < -0.39 is 0 Å². The largest absolute Gasteiger partial charge is 0.330 e. The van der Waals surface area contributed by atoms with Crippen LogP contribution in [-0.2, 0) is 11.8 Å². The van der Waals surface area contributed by atoms with Gasteiger partial charge in [0.2, 0.25) is 11.0 Å². The molecule has 10 heteroatoms. The Balaban J connectivity index is 1.41. The van der Waals surface area contributed by atoms with Crippen molar-refractivity contribution in [3.8, 4) is 5.69 Å². The molecule has 4 aromatic rings. The Morgan fingerprint density at radius 2 is 1.78 bits per heavy atom. The van der Waals surface area contributed by atoms with Crippen LogP contribution in [0.4, 0.5) is 16.5 Å². The smallest absolute Gasteiger partial charge is 0.295 e. The molecule has 0 saturated heterocycles. The fourth-order valence-electron chi connectivity index (χ4n) is 3.16. The number of carbonyl (C=O) groups excluding carboxylic acids is 1. The number of carbonyl (C=O) groups is 1. The molecule has 0 aliphatic carbocycles. The molecule has 0 aliphatic heterocycles. The van der Waals surface area contributed by atoms with Crippen molar-refractivity contribution in [2.24, 2.45) is 7.05 Å². The molecule has 4 rings (SSSR count). The van der Waals surface area contributed by atoms with Crippen LogP contribution in [0.5, 0.6) is 0 Å². The first-order valence-corrected chi connectivity index (χ1v) is 11.7. The number of thioether (sulfide) groups is 1. The van der Waals surface area contributed by atoms with Gasteiger partial charge in [-0.3, -0.25) is 14.3 Å². The van der Waals surface area contributed by atoms with E-state index in [1.54, 1.807) is 18.7 Å². The van der Waals surface area contributed by atoms with Gasteiger partial charge in [0.1, 0.15) is 5.69 Å². The van der Waals surface area contributed by atoms with E-state index in [1.165, 1.54) is 27.8 Å². The van der Waals surface area contributed by atoms with Crippen molar-refractivity contribution in [3.05, 3.63) is 76.2 Å². The fourth-order valence-corrected chi connectivity index (χ4v) is 4.73. The zero-order valence-electron chi connectivity index (χ0n) is 17.8. The van der Waals surface area contributed by atoms with E-state index in [9.17, 15) is 9.59 Å². The number of hydrogen-bond acceptors (Lipinski definition) is 7. The van der Waals surface area contributed by atoms with Crippen molar-refractivity contribution in [1.82, 2.24) is 19.6 Å². The summed E-state index contributed by atoms with van der Waals surface area (Å²) in [4.78, 5) is 25.5. The summed E-state index contributed by atoms with van der Waals surface area (Å²) in [5.41, 5.74) is 3.50. The molecule has 164 valence electrons. The molecule has 8 nitrogen and oxygen atoms in total. The molecule has 1 amide bonds. The number of amides is 1. The van der Waals surface area contributed by atoms with Gasteiger partial charge in [0.05, 0.1) is 17.1 Å². The van der Waals surface area contributed by atoms with E-state index in [-0.39, 0.29) is 22.9 Å². The Hall–Kier alpha value is -3.37. The van der Waals surface area contributed by atoms with Crippen molar-refractivity contribution in [2.45, 2.75) is 18.2 Å². The minimum absolute atomic E-state index is 0.123. The monoisotopic (exact) mass is 466 g/mol. The van der Waals surface area contributed by atoms with Gasteiger partial charge in [-0.15, -0.1) is 10.2 Å². The zero-order valence-corrected chi connectivity index (χ0v) is 19.5. The van der Waals surface area contributed by atoms with Crippen molar-refractivity contribution >= 4 is 45.5 Å². The second kappa shape index (κ2) is 9.41. The topological polar surface area (TPSA) is 93.8 Å². The maximum Gasteiger partial charge on any atom is 0.295 e. The summed E-state index contributed by atoms with van der Waals surface area (Å²) < 4.78 is 3.93. The summed E-state index contributed by atoms with van der Waals surface area (Å²) in [5, 5.41) is 14.9. The molecule has 0 spiro atoms. The van der Waals surface area contributed by atoms with Gasteiger partial charge in [0.25, 0.3) is 5.56 Å². The second-order valence-electron chi connectivity index (χ2n) is 7.09. The van der Waals surface area contributed by atoms with Gasteiger partial charge in [0, 0.05) is 12.7 Å². The lowest BCUT2D eigenvalue weighted by atomic mass is 10.2. The predicted octanol–water partition coefficient (Wildman–Crippen LogP) is 4.12. The van der Waals surface area contributed by atoms with Gasteiger partial charge in [-0.25, -0.2) is 4.68 Å². The van der Waals surface area contributed by atoms with E-state index in [1.807, 2.05) is 61.5 Å². The molecule has 0 atom stereocenters. The van der Waals surface area contributed by atoms with Crippen LogP contribution < -0.4 is 16.2 Å². The lowest BCUT2D eigenvalue weighted by Crippen LogP contribution is -2.23. The highest BCUT2D eigenvalue weighted by Crippen LogP contribution is 2.28. The van der Waals surface area contributed by atoms with Gasteiger partial charge < -0.3 is 10.6 Å². The number of para-hydroxylation sites is 2. The van der Waals surface area contributed by atoms with E-state index in [0.717, 1.165) is 16.9 Å². The van der Waals surface area contributed by atoms with E-state index >= 15 is 0 Å². The maximum absolute atomic E-state index is 12.9. The van der Waals surface area contributed by atoms with Crippen LogP contribution in [0.15, 0.2) is 63.7 Å². The van der Waals surface area contributed by atoms with Gasteiger partial charge >= 0.3 is 0 Å². The first kappa shape index (κ1) is 21.8. The van der Waals surface area contributed by atoms with Crippen LogP contribution >= 0.6 is 23.1 Å². The average Bonchev–Trinajstić information content (AvgIpc) is 3.32. The molecular weight excluding hydrogens is 444 g/mol. The lowest BCUT2D eigenvalue weighted by Gasteiger charge is -2.07. The van der Waals surface area contributed by atoms with Gasteiger partial charge in [-0.2, -0.15) is 0 Å². The Labute approximate surface area is 193 Å². The van der Waals surface area contributed by atoms with Crippen molar-refractivity contribution in [3.63, 3.8) is 0 Å². The second-order valence-corrected chi connectivity index (χ2v) is 9.29. The minimum Gasteiger partial charge on any atom is -0.330 e. The highest BCUT2D eigenvalue weighted by molar-refractivity contribution is 8.01. The number of anilines is 3. The number of aryl methyl sites for hydroxylation is 1. The normalized spacial score (nSPS) is 10.8. The quantitative estimate of drug-likeness (QED) is 0.398.